The Morgan fingerprint density at radius 2 is 2.00 bits per heavy atom. The Hall–Kier alpha value is -0.190. The number of rotatable bonds is 3. The third-order valence-corrected chi connectivity index (χ3v) is 6.49. The smallest absolute Gasteiger partial charge is 0.0923 e. The first-order valence-electron chi connectivity index (χ1n) is 6.45. The van der Waals surface area contributed by atoms with E-state index in [0.29, 0.717) is 16.5 Å². The first-order valence-corrected chi connectivity index (χ1v) is 9.18. The van der Waals surface area contributed by atoms with Crippen LogP contribution in [0.4, 0.5) is 0 Å². The van der Waals surface area contributed by atoms with Gasteiger partial charge in [0.1, 0.15) is 0 Å². The summed E-state index contributed by atoms with van der Waals surface area (Å²) in [5.74, 6) is 2.24. The minimum atomic E-state index is -0.534. The molecule has 1 aromatic carbocycles. The number of halogens is 2. The fraction of sp³-hybridized carbons (Fsp3) is 0.333. The Bertz CT molecular complexity index is 581. The largest absolute Gasteiger partial charge is 0.387 e. The van der Waals surface area contributed by atoms with E-state index in [1.807, 2.05) is 30.0 Å². The number of benzene rings is 1. The van der Waals surface area contributed by atoms with Gasteiger partial charge in [-0.3, -0.25) is 0 Å². The van der Waals surface area contributed by atoms with Gasteiger partial charge in [-0.25, -0.2) is 0 Å². The molecule has 3 rings (SSSR count). The van der Waals surface area contributed by atoms with Crippen molar-refractivity contribution in [1.29, 1.82) is 0 Å². The highest BCUT2D eigenvalue weighted by Gasteiger charge is 2.19. The number of hydrogen-bond donors (Lipinski definition) is 1. The van der Waals surface area contributed by atoms with E-state index in [1.165, 1.54) is 16.2 Å². The number of aliphatic hydroxyl groups excluding tert-OH is 1. The standard InChI is InChI=1S/C15H14Cl2OS2/c16-11-2-1-3-12(17)10(11)7-13(18)15-6-9-8-19-5-4-14(9)20-15/h1-3,6,13,18H,4-5,7-8H2. The summed E-state index contributed by atoms with van der Waals surface area (Å²) in [4.78, 5) is 2.44. The first kappa shape index (κ1) is 14.7. The van der Waals surface area contributed by atoms with Gasteiger partial charge in [-0.15, -0.1) is 11.3 Å². The van der Waals surface area contributed by atoms with Gasteiger partial charge in [0.05, 0.1) is 6.10 Å². The molecule has 0 fully saturated rings. The Kier molecular flexibility index (Phi) is 4.63. The quantitative estimate of drug-likeness (QED) is 0.833. The lowest BCUT2D eigenvalue weighted by Gasteiger charge is -2.11. The van der Waals surface area contributed by atoms with Gasteiger partial charge in [0.25, 0.3) is 0 Å². The van der Waals surface area contributed by atoms with Crippen molar-refractivity contribution in [2.24, 2.45) is 0 Å². The number of thioether (sulfide) groups is 1. The molecule has 0 aliphatic carbocycles. The van der Waals surface area contributed by atoms with Crippen molar-refractivity contribution in [3.63, 3.8) is 0 Å². The van der Waals surface area contributed by atoms with E-state index >= 15 is 0 Å². The van der Waals surface area contributed by atoms with Gasteiger partial charge in [-0.1, -0.05) is 29.3 Å². The monoisotopic (exact) mass is 344 g/mol. The molecule has 0 saturated carbocycles. The zero-order valence-electron chi connectivity index (χ0n) is 10.7. The molecule has 1 atom stereocenters. The summed E-state index contributed by atoms with van der Waals surface area (Å²) in [7, 11) is 0. The highest BCUT2D eigenvalue weighted by Crippen LogP contribution is 2.37. The van der Waals surface area contributed by atoms with Crippen LogP contribution in [0.1, 0.15) is 27.0 Å². The summed E-state index contributed by atoms with van der Waals surface area (Å²) in [5.41, 5.74) is 2.20. The van der Waals surface area contributed by atoms with Crippen molar-refractivity contribution in [3.05, 3.63) is 55.2 Å². The molecule has 106 valence electrons. The van der Waals surface area contributed by atoms with Gasteiger partial charge in [0, 0.05) is 32.0 Å². The van der Waals surface area contributed by atoms with Gasteiger partial charge in [-0.2, -0.15) is 11.8 Å². The molecule has 1 aromatic heterocycles. The second-order valence-electron chi connectivity index (χ2n) is 4.82. The molecule has 2 aromatic rings. The lowest BCUT2D eigenvalue weighted by Crippen LogP contribution is -2.01. The molecular weight excluding hydrogens is 331 g/mol. The van der Waals surface area contributed by atoms with Crippen LogP contribution in [0.15, 0.2) is 24.3 Å². The minimum absolute atomic E-state index is 0.463. The van der Waals surface area contributed by atoms with Gasteiger partial charge < -0.3 is 5.11 Å². The van der Waals surface area contributed by atoms with Crippen molar-refractivity contribution in [3.8, 4) is 0 Å². The van der Waals surface area contributed by atoms with Crippen LogP contribution in [0, 0.1) is 0 Å². The van der Waals surface area contributed by atoms with Crippen molar-refractivity contribution in [2.45, 2.75) is 24.7 Å². The molecule has 2 heterocycles. The van der Waals surface area contributed by atoms with Crippen molar-refractivity contribution < 1.29 is 5.11 Å². The third kappa shape index (κ3) is 3.02. The fourth-order valence-electron chi connectivity index (χ4n) is 2.36. The SMILES string of the molecule is OC(Cc1c(Cl)cccc1Cl)c1cc2c(s1)CCSC2. The predicted molar refractivity (Wildman–Crippen MR) is 89.3 cm³/mol. The predicted octanol–water partition coefficient (Wildman–Crippen LogP) is 5.12. The molecule has 1 nitrogen and oxygen atoms in total. The van der Waals surface area contributed by atoms with E-state index in [9.17, 15) is 5.11 Å². The van der Waals surface area contributed by atoms with E-state index in [1.54, 1.807) is 11.3 Å². The summed E-state index contributed by atoms with van der Waals surface area (Å²) in [6.45, 7) is 0. The molecular formula is C15H14Cl2OS2. The highest BCUT2D eigenvalue weighted by atomic mass is 35.5. The van der Waals surface area contributed by atoms with Gasteiger partial charge in [-0.05, 0) is 41.5 Å². The van der Waals surface area contributed by atoms with Crippen LogP contribution in [0.2, 0.25) is 10.0 Å². The maximum atomic E-state index is 10.5. The van der Waals surface area contributed by atoms with Crippen LogP contribution < -0.4 is 0 Å². The van der Waals surface area contributed by atoms with Crippen molar-refractivity contribution >= 4 is 46.3 Å². The van der Waals surface area contributed by atoms with E-state index in [0.717, 1.165) is 22.6 Å². The summed E-state index contributed by atoms with van der Waals surface area (Å²) in [6, 6.07) is 7.58. The van der Waals surface area contributed by atoms with E-state index in [4.69, 9.17) is 23.2 Å². The van der Waals surface area contributed by atoms with E-state index in [-0.39, 0.29) is 0 Å². The molecule has 0 radical (unpaired) electrons. The number of aliphatic hydroxyl groups is 1. The van der Waals surface area contributed by atoms with Crippen LogP contribution in [0.25, 0.3) is 0 Å². The van der Waals surface area contributed by atoms with Crippen LogP contribution in [0.5, 0.6) is 0 Å². The molecule has 1 aliphatic heterocycles. The van der Waals surface area contributed by atoms with Gasteiger partial charge in [0.15, 0.2) is 0 Å². The molecule has 0 bridgehead atoms. The Balaban J connectivity index is 1.82. The lowest BCUT2D eigenvalue weighted by molar-refractivity contribution is 0.182. The molecule has 0 saturated heterocycles. The third-order valence-electron chi connectivity index (χ3n) is 3.43. The normalized spacial score (nSPS) is 15.9. The second kappa shape index (κ2) is 6.29. The van der Waals surface area contributed by atoms with Crippen LogP contribution >= 0.6 is 46.3 Å². The zero-order chi connectivity index (χ0) is 14.1. The molecule has 0 amide bonds. The fourth-order valence-corrected chi connectivity index (χ4v) is 5.27. The molecule has 1 N–H and O–H groups in total. The number of thiophene rings is 1. The zero-order valence-corrected chi connectivity index (χ0v) is 13.9. The molecule has 1 aliphatic rings. The number of hydrogen-bond acceptors (Lipinski definition) is 3. The van der Waals surface area contributed by atoms with Crippen LogP contribution in [-0.2, 0) is 18.6 Å². The highest BCUT2D eigenvalue weighted by molar-refractivity contribution is 7.98. The summed E-state index contributed by atoms with van der Waals surface area (Å²) < 4.78 is 0. The molecule has 0 spiro atoms. The van der Waals surface area contributed by atoms with Crippen molar-refractivity contribution in [1.82, 2.24) is 0 Å². The maximum absolute atomic E-state index is 10.5. The maximum Gasteiger partial charge on any atom is 0.0923 e. The number of fused-ring (bicyclic) bond motifs is 1. The minimum Gasteiger partial charge on any atom is -0.387 e. The summed E-state index contributed by atoms with van der Waals surface area (Å²) >= 11 is 16.0. The first-order chi connectivity index (χ1) is 9.65. The van der Waals surface area contributed by atoms with Crippen LogP contribution in [-0.4, -0.2) is 10.9 Å². The second-order valence-corrected chi connectivity index (χ2v) is 7.91. The van der Waals surface area contributed by atoms with Crippen molar-refractivity contribution in [2.75, 3.05) is 5.75 Å². The Morgan fingerprint density at radius 3 is 2.70 bits per heavy atom. The lowest BCUT2D eigenvalue weighted by atomic mass is 10.1. The molecule has 20 heavy (non-hydrogen) atoms. The number of aryl methyl sites for hydroxylation is 1. The Labute approximate surface area is 136 Å². The summed E-state index contributed by atoms with van der Waals surface area (Å²) in [6.07, 6.45) is 1.04. The average molecular weight is 345 g/mol. The van der Waals surface area contributed by atoms with E-state index in [2.05, 4.69) is 6.07 Å². The van der Waals surface area contributed by atoms with Gasteiger partial charge in [0.2, 0.25) is 0 Å². The van der Waals surface area contributed by atoms with Crippen LogP contribution in [0.3, 0.4) is 0 Å². The molecule has 1 unspecified atom stereocenters. The topological polar surface area (TPSA) is 20.2 Å². The Morgan fingerprint density at radius 1 is 1.25 bits per heavy atom. The van der Waals surface area contributed by atoms with Gasteiger partial charge >= 0.3 is 0 Å². The molecule has 5 heteroatoms. The summed E-state index contributed by atoms with van der Waals surface area (Å²) in [5, 5.41) is 11.7. The average Bonchev–Trinajstić information content (AvgIpc) is 2.87. The van der Waals surface area contributed by atoms with E-state index < -0.39 is 6.10 Å².